The van der Waals surface area contributed by atoms with Gasteiger partial charge < -0.3 is 10.3 Å². The van der Waals surface area contributed by atoms with Crippen molar-refractivity contribution >= 4 is 21.7 Å². The van der Waals surface area contributed by atoms with Gasteiger partial charge in [-0.05, 0) is 48.8 Å². The number of benzene rings is 1. The molecule has 0 atom stereocenters. The summed E-state index contributed by atoms with van der Waals surface area (Å²) >= 11 is 3.13. The van der Waals surface area contributed by atoms with E-state index in [0.29, 0.717) is 21.5 Å². The van der Waals surface area contributed by atoms with Crippen LogP contribution in [0.2, 0.25) is 0 Å². The van der Waals surface area contributed by atoms with Crippen molar-refractivity contribution in [1.29, 1.82) is 0 Å². The van der Waals surface area contributed by atoms with Gasteiger partial charge in [0.1, 0.15) is 23.2 Å². The highest BCUT2D eigenvalue weighted by Crippen LogP contribution is 2.30. The van der Waals surface area contributed by atoms with Crippen LogP contribution in [0.3, 0.4) is 0 Å². The largest absolute Gasteiger partial charge is 0.383 e. The molecule has 3 nitrogen and oxygen atoms in total. The summed E-state index contributed by atoms with van der Waals surface area (Å²) in [5.41, 5.74) is 7.41. The molecule has 96 valence electrons. The molecule has 5 heteroatoms. The first-order valence-corrected chi connectivity index (χ1v) is 6.50. The lowest BCUT2D eigenvalue weighted by molar-refractivity contribution is 0.590. The molecule has 0 aliphatic heterocycles. The van der Waals surface area contributed by atoms with Crippen LogP contribution >= 0.6 is 15.9 Å². The van der Waals surface area contributed by atoms with E-state index in [1.165, 1.54) is 6.07 Å². The molecule has 2 aromatic rings. The van der Waals surface area contributed by atoms with Gasteiger partial charge in [-0.25, -0.2) is 9.37 Å². The summed E-state index contributed by atoms with van der Waals surface area (Å²) in [6, 6.07) is 5.13. The maximum atomic E-state index is 13.5. The van der Waals surface area contributed by atoms with E-state index in [2.05, 4.69) is 20.9 Å². The lowest BCUT2D eigenvalue weighted by Crippen LogP contribution is -2.07. The van der Waals surface area contributed by atoms with Crippen molar-refractivity contribution in [2.24, 2.45) is 0 Å². The Balaban J connectivity index is 2.58. The summed E-state index contributed by atoms with van der Waals surface area (Å²) in [4.78, 5) is 4.43. The zero-order valence-corrected chi connectivity index (χ0v) is 12.1. The van der Waals surface area contributed by atoms with Crippen molar-refractivity contribution in [2.75, 3.05) is 5.73 Å². The Morgan fingerprint density at radius 2 is 2.06 bits per heavy atom. The van der Waals surface area contributed by atoms with E-state index >= 15 is 0 Å². The van der Waals surface area contributed by atoms with Crippen LogP contribution in [0, 0.1) is 12.7 Å². The van der Waals surface area contributed by atoms with Crippen molar-refractivity contribution in [3.8, 4) is 11.3 Å². The molecule has 0 aliphatic rings. The van der Waals surface area contributed by atoms with Crippen LogP contribution < -0.4 is 5.73 Å². The lowest BCUT2D eigenvalue weighted by Gasteiger charge is -2.11. The maximum Gasteiger partial charge on any atom is 0.138 e. The fourth-order valence-electron chi connectivity index (χ4n) is 2.07. The first-order chi connectivity index (χ1) is 8.41. The number of hydrogen-bond donors (Lipinski definition) is 1. The van der Waals surface area contributed by atoms with E-state index in [9.17, 15) is 4.39 Å². The summed E-state index contributed by atoms with van der Waals surface area (Å²) in [6.07, 6.45) is 0. The minimum Gasteiger partial charge on any atom is -0.383 e. The third-order valence-electron chi connectivity index (χ3n) is 2.83. The lowest BCUT2D eigenvalue weighted by atomic mass is 10.1. The van der Waals surface area contributed by atoms with Crippen LogP contribution in [0.4, 0.5) is 10.2 Å². The fraction of sp³-hybridized carbons (Fsp3) is 0.308. The first-order valence-electron chi connectivity index (χ1n) is 5.71. The molecule has 0 amide bonds. The highest BCUT2D eigenvalue weighted by atomic mass is 79.9. The second kappa shape index (κ2) is 4.72. The van der Waals surface area contributed by atoms with Crippen LogP contribution in [-0.2, 0) is 0 Å². The van der Waals surface area contributed by atoms with Crippen molar-refractivity contribution in [2.45, 2.75) is 26.8 Å². The monoisotopic (exact) mass is 311 g/mol. The molecule has 0 aliphatic carbocycles. The predicted octanol–water partition coefficient (Wildman–Crippen LogP) is 3.92. The predicted molar refractivity (Wildman–Crippen MR) is 74.9 cm³/mol. The third kappa shape index (κ3) is 2.14. The Labute approximate surface area is 114 Å². The third-order valence-corrected chi connectivity index (χ3v) is 3.48. The van der Waals surface area contributed by atoms with Crippen molar-refractivity contribution in [1.82, 2.24) is 9.55 Å². The number of halogens is 2. The van der Waals surface area contributed by atoms with Gasteiger partial charge in [-0.2, -0.15) is 0 Å². The van der Waals surface area contributed by atoms with E-state index in [0.717, 1.165) is 5.82 Å². The van der Waals surface area contributed by atoms with Gasteiger partial charge in [0.2, 0.25) is 0 Å². The molecule has 2 rings (SSSR count). The van der Waals surface area contributed by atoms with Crippen molar-refractivity contribution in [3.05, 3.63) is 34.3 Å². The van der Waals surface area contributed by atoms with Crippen molar-refractivity contribution in [3.63, 3.8) is 0 Å². The summed E-state index contributed by atoms with van der Waals surface area (Å²) in [6.45, 7) is 5.98. The van der Waals surface area contributed by atoms with E-state index in [1.54, 1.807) is 12.1 Å². The number of anilines is 1. The van der Waals surface area contributed by atoms with Crippen LogP contribution in [0.15, 0.2) is 22.7 Å². The van der Waals surface area contributed by atoms with Crippen LogP contribution in [0.25, 0.3) is 11.3 Å². The average Bonchev–Trinajstić information content (AvgIpc) is 2.58. The molecule has 0 spiro atoms. The molecule has 0 saturated carbocycles. The van der Waals surface area contributed by atoms with Gasteiger partial charge in [-0.1, -0.05) is 6.07 Å². The highest BCUT2D eigenvalue weighted by Gasteiger charge is 2.16. The minimum atomic E-state index is -0.316. The van der Waals surface area contributed by atoms with Gasteiger partial charge in [0.05, 0.1) is 4.47 Å². The summed E-state index contributed by atoms with van der Waals surface area (Å²) in [5.74, 6) is 1.09. The van der Waals surface area contributed by atoms with Crippen LogP contribution in [0.5, 0.6) is 0 Å². The number of nitrogens with zero attached hydrogens (tertiary/aromatic N) is 2. The Morgan fingerprint density at radius 1 is 1.39 bits per heavy atom. The second-order valence-corrected chi connectivity index (χ2v) is 5.34. The zero-order chi connectivity index (χ0) is 13.4. The van der Waals surface area contributed by atoms with Gasteiger partial charge in [0.25, 0.3) is 0 Å². The molecule has 0 saturated heterocycles. The smallest absolute Gasteiger partial charge is 0.138 e. The molecule has 1 aromatic carbocycles. The Morgan fingerprint density at radius 3 is 2.56 bits per heavy atom. The molecular formula is C13H15BrFN3. The van der Waals surface area contributed by atoms with Crippen molar-refractivity contribution < 1.29 is 4.39 Å². The zero-order valence-electron chi connectivity index (χ0n) is 10.5. The fourth-order valence-corrected chi connectivity index (χ4v) is 2.32. The van der Waals surface area contributed by atoms with Gasteiger partial charge in [-0.3, -0.25) is 0 Å². The molecular weight excluding hydrogens is 297 g/mol. The molecule has 1 aromatic heterocycles. The van der Waals surface area contributed by atoms with Gasteiger partial charge in [0.15, 0.2) is 0 Å². The van der Waals surface area contributed by atoms with Gasteiger partial charge in [0, 0.05) is 11.6 Å². The molecule has 2 N–H and O–H groups in total. The molecule has 1 heterocycles. The van der Waals surface area contributed by atoms with Gasteiger partial charge >= 0.3 is 0 Å². The number of nitrogens with two attached hydrogens (primary N) is 1. The second-order valence-electron chi connectivity index (χ2n) is 4.49. The van der Waals surface area contributed by atoms with E-state index < -0.39 is 0 Å². The number of rotatable bonds is 2. The normalized spacial score (nSPS) is 11.2. The average molecular weight is 312 g/mol. The highest BCUT2D eigenvalue weighted by molar-refractivity contribution is 9.10. The molecule has 0 unspecified atom stereocenters. The standard InChI is InChI=1S/C13H15BrFN3/c1-7(2)18-8(3)17-12(13(18)16)9-4-5-10(14)11(15)6-9/h4-7H,16H2,1-3H3. The van der Waals surface area contributed by atoms with Crippen LogP contribution in [0.1, 0.15) is 25.7 Å². The van der Waals surface area contributed by atoms with E-state index in [-0.39, 0.29) is 11.9 Å². The molecule has 0 bridgehead atoms. The maximum absolute atomic E-state index is 13.5. The van der Waals surface area contributed by atoms with Crippen LogP contribution in [-0.4, -0.2) is 9.55 Å². The number of nitrogen functional groups attached to an aromatic ring is 1. The summed E-state index contributed by atoms with van der Waals surface area (Å²) in [7, 11) is 0. The number of aromatic nitrogens is 2. The van der Waals surface area contributed by atoms with E-state index in [1.807, 2.05) is 25.3 Å². The molecule has 0 fully saturated rings. The number of hydrogen-bond acceptors (Lipinski definition) is 2. The Bertz CT molecular complexity index is 590. The Hall–Kier alpha value is -1.36. The molecule has 18 heavy (non-hydrogen) atoms. The minimum absolute atomic E-state index is 0.228. The molecule has 0 radical (unpaired) electrons. The quantitative estimate of drug-likeness (QED) is 0.913. The summed E-state index contributed by atoms with van der Waals surface area (Å²) in [5, 5.41) is 0. The topological polar surface area (TPSA) is 43.8 Å². The summed E-state index contributed by atoms with van der Waals surface area (Å²) < 4.78 is 15.9. The SMILES string of the molecule is Cc1nc(-c2ccc(Br)c(F)c2)c(N)n1C(C)C. The number of imidazole rings is 1. The van der Waals surface area contributed by atoms with E-state index in [4.69, 9.17) is 5.73 Å². The van der Waals surface area contributed by atoms with Gasteiger partial charge in [-0.15, -0.1) is 0 Å². The number of aryl methyl sites for hydroxylation is 1. The Kier molecular flexibility index (Phi) is 3.43. The first kappa shape index (κ1) is 13.1.